The van der Waals surface area contributed by atoms with Crippen molar-refractivity contribution < 1.29 is 18.0 Å². The molecule has 0 saturated heterocycles. The first-order chi connectivity index (χ1) is 4.18. The highest BCUT2D eigenvalue weighted by Gasteiger charge is 2.15. The van der Waals surface area contributed by atoms with Crippen molar-refractivity contribution in [2.45, 2.75) is 6.92 Å². The van der Waals surface area contributed by atoms with E-state index in [-0.39, 0.29) is 6.61 Å². The van der Waals surface area contributed by atoms with Crippen molar-refractivity contribution in [3.63, 3.8) is 0 Å². The van der Waals surface area contributed by atoms with Crippen molar-refractivity contribution in [3.8, 4) is 0 Å². The van der Waals surface area contributed by atoms with E-state index in [0.29, 0.717) is 0 Å². The summed E-state index contributed by atoms with van der Waals surface area (Å²) in [5.74, 6) is -1.86. The highest BCUT2D eigenvalue weighted by molar-refractivity contribution is 5.84. The summed E-state index contributed by atoms with van der Waals surface area (Å²) in [7, 11) is 0. The Morgan fingerprint density at radius 1 is 1.44 bits per heavy atom. The molecular weight excluding hydrogens is 135 g/mol. The van der Waals surface area contributed by atoms with Crippen molar-refractivity contribution in [3.05, 3.63) is 6.43 Å². The molecule has 0 aromatic heterocycles. The van der Waals surface area contributed by atoms with Crippen molar-refractivity contribution in [1.82, 2.24) is 0 Å². The van der Waals surface area contributed by atoms with Crippen molar-refractivity contribution in [1.29, 1.82) is 0 Å². The zero-order chi connectivity index (χ0) is 7.28. The zero-order valence-electron chi connectivity index (χ0n) is 4.70. The molecule has 5 heteroatoms. The van der Waals surface area contributed by atoms with Gasteiger partial charge in [-0.1, -0.05) is 5.16 Å². The Kier molecular flexibility index (Phi) is 3.83. The molecule has 0 aliphatic heterocycles. The molecule has 0 fully saturated rings. The smallest absolute Gasteiger partial charge is 0.389 e. The molecule has 0 rings (SSSR count). The molecule has 0 saturated carbocycles. The number of nitrogens with zero attached hydrogens (tertiary/aromatic N) is 1. The summed E-state index contributed by atoms with van der Waals surface area (Å²) in [5, 5.41) is 2.41. The Labute approximate surface area is 50.3 Å². The fraction of sp³-hybridized carbons (Fsp3) is 0.500. The monoisotopic (exact) mass is 140 g/mol. The summed E-state index contributed by atoms with van der Waals surface area (Å²) in [6, 6.07) is 0. The predicted octanol–water partition coefficient (Wildman–Crippen LogP) is 1.73. The van der Waals surface area contributed by atoms with Gasteiger partial charge in [0, 0.05) is 0 Å². The van der Waals surface area contributed by atoms with E-state index in [4.69, 9.17) is 0 Å². The van der Waals surface area contributed by atoms with Crippen LogP contribution in [0.4, 0.5) is 13.2 Å². The first-order valence-corrected chi connectivity index (χ1v) is 2.22. The summed E-state index contributed by atoms with van der Waals surface area (Å²) in [4.78, 5) is 3.97. The standard InChI is InChI=1S/C4H5F3NO/c1-2-9-8-4(7)3(5)6/h2H2,1H3. The summed E-state index contributed by atoms with van der Waals surface area (Å²) < 4.78 is 33.7. The largest absolute Gasteiger partial charge is 0.394 e. The lowest BCUT2D eigenvalue weighted by Crippen LogP contribution is -1.95. The van der Waals surface area contributed by atoms with Gasteiger partial charge in [0.05, 0.1) is 0 Å². The second-order valence-corrected chi connectivity index (χ2v) is 1.06. The summed E-state index contributed by atoms with van der Waals surface area (Å²) >= 11 is 0. The van der Waals surface area contributed by atoms with Crippen molar-refractivity contribution in [2.75, 3.05) is 6.61 Å². The molecule has 0 aromatic rings. The van der Waals surface area contributed by atoms with Gasteiger partial charge in [0.15, 0.2) is 0 Å². The minimum absolute atomic E-state index is 0.0701. The highest BCUT2D eigenvalue weighted by atomic mass is 19.3. The fourth-order valence-corrected chi connectivity index (χ4v) is 0.156. The molecule has 0 heterocycles. The van der Waals surface area contributed by atoms with Crippen LogP contribution in [-0.4, -0.2) is 12.6 Å². The van der Waals surface area contributed by atoms with Gasteiger partial charge < -0.3 is 4.84 Å². The van der Waals surface area contributed by atoms with Gasteiger partial charge in [-0.3, -0.25) is 0 Å². The third-order valence-corrected chi connectivity index (χ3v) is 0.430. The summed E-state index contributed by atoms with van der Waals surface area (Å²) in [6.45, 7) is 1.58. The van der Waals surface area contributed by atoms with Crippen LogP contribution in [0.3, 0.4) is 0 Å². The molecule has 0 amide bonds. The number of hydrogen-bond acceptors (Lipinski definition) is 2. The van der Waals surface area contributed by atoms with E-state index in [1.54, 1.807) is 0 Å². The number of halogens is 3. The highest BCUT2D eigenvalue weighted by Crippen LogP contribution is 2.06. The van der Waals surface area contributed by atoms with Gasteiger partial charge in [0.1, 0.15) is 6.61 Å². The second kappa shape index (κ2) is 4.17. The molecule has 0 unspecified atom stereocenters. The summed E-state index contributed by atoms with van der Waals surface area (Å²) in [6.07, 6.45) is -2.47. The van der Waals surface area contributed by atoms with E-state index in [1.807, 2.05) is 0 Å². The molecular formula is C4H5F3NO. The first kappa shape index (κ1) is 8.26. The maximum Gasteiger partial charge on any atom is 0.389 e. The Balaban J connectivity index is 3.55. The van der Waals surface area contributed by atoms with E-state index in [2.05, 4.69) is 9.99 Å². The van der Waals surface area contributed by atoms with Crippen molar-refractivity contribution in [2.24, 2.45) is 5.16 Å². The lowest BCUT2D eigenvalue weighted by atomic mass is 10.7. The Hall–Kier alpha value is -0.740. The third kappa shape index (κ3) is 3.81. The van der Waals surface area contributed by atoms with Crippen LogP contribution in [0.5, 0.6) is 0 Å². The number of hydrogen-bond donors (Lipinski definition) is 0. The van der Waals surface area contributed by atoms with Gasteiger partial charge in [-0.2, -0.15) is 13.2 Å². The van der Waals surface area contributed by atoms with Crippen LogP contribution in [0.25, 0.3) is 0 Å². The number of rotatable bonds is 3. The zero-order valence-corrected chi connectivity index (χ0v) is 4.70. The molecule has 0 spiro atoms. The molecule has 0 N–H and O–H groups in total. The Morgan fingerprint density at radius 3 is 2.33 bits per heavy atom. The normalized spacial score (nSPS) is 12.3. The maximum atomic E-state index is 11.6. The molecule has 0 aromatic carbocycles. The lowest BCUT2D eigenvalue weighted by molar-refractivity contribution is 0.150. The maximum absolute atomic E-state index is 11.6. The van der Waals surface area contributed by atoms with Gasteiger partial charge in [-0.15, -0.1) is 0 Å². The van der Waals surface area contributed by atoms with Gasteiger partial charge in [-0.25, -0.2) is 0 Å². The van der Waals surface area contributed by atoms with Crippen LogP contribution in [-0.2, 0) is 4.84 Å². The minimum Gasteiger partial charge on any atom is -0.394 e. The second-order valence-electron chi connectivity index (χ2n) is 1.06. The van der Waals surface area contributed by atoms with Crippen LogP contribution in [0.1, 0.15) is 6.92 Å². The molecule has 0 atom stereocenters. The van der Waals surface area contributed by atoms with Crippen LogP contribution < -0.4 is 0 Å². The predicted molar refractivity (Wildman–Crippen MR) is 25.6 cm³/mol. The van der Waals surface area contributed by atoms with Crippen LogP contribution >= 0.6 is 0 Å². The number of oxime groups is 1. The SMILES string of the molecule is CCON=C(F)[C](F)F. The molecule has 0 bridgehead atoms. The van der Waals surface area contributed by atoms with Crippen LogP contribution in [0.15, 0.2) is 5.16 Å². The average molecular weight is 140 g/mol. The van der Waals surface area contributed by atoms with Gasteiger partial charge in [-0.05, 0) is 6.92 Å². The van der Waals surface area contributed by atoms with E-state index in [0.717, 1.165) is 0 Å². The lowest BCUT2D eigenvalue weighted by Gasteiger charge is -1.91. The fourth-order valence-electron chi connectivity index (χ4n) is 0.156. The Morgan fingerprint density at radius 2 is 2.00 bits per heavy atom. The third-order valence-electron chi connectivity index (χ3n) is 0.430. The molecule has 2 nitrogen and oxygen atoms in total. The van der Waals surface area contributed by atoms with Crippen LogP contribution in [0, 0.1) is 6.43 Å². The first-order valence-electron chi connectivity index (χ1n) is 2.22. The van der Waals surface area contributed by atoms with Crippen molar-refractivity contribution >= 4 is 5.97 Å². The van der Waals surface area contributed by atoms with Gasteiger partial charge in [0.2, 0.25) is 0 Å². The van der Waals surface area contributed by atoms with Crippen LogP contribution in [0.2, 0.25) is 0 Å². The topological polar surface area (TPSA) is 21.6 Å². The quantitative estimate of drug-likeness (QED) is 0.432. The van der Waals surface area contributed by atoms with E-state index in [1.165, 1.54) is 6.92 Å². The Bertz CT molecular complexity index is 104. The van der Waals surface area contributed by atoms with Gasteiger partial charge >= 0.3 is 12.4 Å². The summed E-state index contributed by atoms with van der Waals surface area (Å²) in [5.41, 5.74) is 0. The molecule has 0 aliphatic rings. The molecule has 1 radical (unpaired) electrons. The molecule has 9 heavy (non-hydrogen) atoms. The molecule has 53 valence electrons. The van der Waals surface area contributed by atoms with Gasteiger partial charge in [0.25, 0.3) is 0 Å². The minimum atomic E-state index is -2.47. The molecule has 0 aliphatic carbocycles. The van der Waals surface area contributed by atoms with E-state index in [9.17, 15) is 13.2 Å². The average Bonchev–Trinajstić information content (AvgIpc) is 1.82. The van der Waals surface area contributed by atoms with E-state index >= 15 is 0 Å². The van der Waals surface area contributed by atoms with E-state index < -0.39 is 12.4 Å².